The Bertz CT molecular complexity index is 819. The van der Waals surface area contributed by atoms with Gasteiger partial charge in [0.15, 0.2) is 11.5 Å². The van der Waals surface area contributed by atoms with Crippen molar-refractivity contribution in [2.24, 2.45) is 0 Å². The topological polar surface area (TPSA) is 92.0 Å². The van der Waals surface area contributed by atoms with E-state index < -0.39 is 11.7 Å². The molecule has 0 fully saturated rings. The molecule has 0 bridgehead atoms. The smallest absolute Gasteiger partial charge is 0.255 e. The molecule has 3 N–H and O–H groups in total. The highest BCUT2D eigenvalue weighted by molar-refractivity contribution is 6.06. The zero-order chi connectivity index (χ0) is 18.5. The van der Waals surface area contributed by atoms with Gasteiger partial charge in [0.25, 0.3) is 5.91 Å². The Labute approximate surface area is 161 Å². The van der Waals surface area contributed by atoms with Crippen molar-refractivity contribution in [2.45, 2.75) is 6.61 Å². The number of nitrogens with one attached hydrogen (secondary N) is 1. The van der Waals surface area contributed by atoms with E-state index in [-0.39, 0.29) is 36.9 Å². The predicted octanol–water partition coefficient (Wildman–Crippen LogP) is 2.97. The molecule has 0 unspecified atom stereocenters. The number of hydrogen-bond acceptors (Lipinski definition) is 6. The highest BCUT2D eigenvalue weighted by Crippen LogP contribution is 2.38. The normalized spacial score (nSPS) is 11.8. The summed E-state index contributed by atoms with van der Waals surface area (Å²) in [6.45, 7) is 0.893. The lowest BCUT2D eigenvalue weighted by Gasteiger charge is -2.11. The van der Waals surface area contributed by atoms with Gasteiger partial charge in [-0.3, -0.25) is 4.79 Å². The minimum atomic E-state index is -0.443. The number of hydrogen-bond donors (Lipinski definition) is 2. The maximum Gasteiger partial charge on any atom is 0.255 e. The third-order valence-electron chi connectivity index (χ3n) is 3.79. The van der Waals surface area contributed by atoms with Gasteiger partial charge in [0.05, 0.1) is 31.2 Å². The van der Waals surface area contributed by atoms with Gasteiger partial charge in [0.1, 0.15) is 5.82 Å². The lowest BCUT2D eigenvalue weighted by molar-refractivity contribution is 0.0604. The SMILES string of the molecule is COCCOCc1cc(C(=O)Nc2cc3c(cc2N)OCO3)ccc1F.Cl. The number of nitrogens with two attached hydrogens (primary N) is 1. The number of fused-ring (bicyclic) bond motifs is 1. The Morgan fingerprint density at radius 1 is 1.22 bits per heavy atom. The van der Waals surface area contributed by atoms with E-state index in [1.165, 1.54) is 18.2 Å². The van der Waals surface area contributed by atoms with Crippen molar-refractivity contribution < 1.29 is 28.1 Å². The minimum Gasteiger partial charge on any atom is -0.454 e. The van der Waals surface area contributed by atoms with Crippen molar-refractivity contribution in [3.63, 3.8) is 0 Å². The van der Waals surface area contributed by atoms with Crippen LogP contribution in [0.3, 0.4) is 0 Å². The highest BCUT2D eigenvalue weighted by Gasteiger charge is 2.18. The molecule has 0 saturated carbocycles. The molecular formula is C18H20ClFN2O5. The average Bonchev–Trinajstić information content (AvgIpc) is 3.07. The van der Waals surface area contributed by atoms with Crippen LogP contribution in [0.4, 0.5) is 15.8 Å². The Morgan fingerprint density at radius 3 is 2.70 bits per heavy atom. The average molecular weight is 399 g/mol. The maximum atomic E-state index is 13.9. The summed E-state index contributed by atoms with van der Waals surface area (Å²) in [6.07, 6.45) is 0. The summed E-state index contributed by atoms with van der Waals surface area (Å²) in [5.74, 6) is 0.161. The molecular weight excluding hydrogens is 379 g/mol. The molecule has 1 heterocycles. The number of halogens is 2. The molecule has 0 aliphatic carbocycles. The van der Waals surface area contributed by atoms with E-state index in [1.807, 2.05) is 0 Å². The summed E-state index contributed by atoms with van der Waals surface area (Å²) >= 11 is 0. The maximum absolute atomic E-state index is 13.9. The first-order valence-electron chi connectivity index (χ1n) is 7.94. The Morgan fingerprint density at radius 2 is 1.96 bits per heavy atom. The van der Waals surface area contributed by atoms with Crippen LogP contribution in [0.15, 0.2) is 30.3 Å². The van der Waals surface area contributed by atoms with E-state index in [9.17, 15) is 9.18 Å². The van der Waals surface area contributed by atoms with E-state index in [2.05, 4.69) is 5.32 Å². The van der Waals surface area contributed by atoms with Gasteiger partial charge in [-0.25, -0.2) is 4.39 Å². The van der Waals surface area contributed by atoms with Crippen molar-refractivity contribution in [3.05, 3.63) is 47.3 Å². The third kappa shape index (κ3) is 5.00. The van der Waals surface area contributed by atoms with Crippen molar-refractivity contribution in [2.75, 3.05) is 38.2 Å². The van der Waals surface area contributed by atoms with Gasteiger partial charge in [-0.1, -0.05) is 0 Å². The second-order valence-corrected chi connectivity index (χ2v) is 5.60. The summed E-state index contributed by atoms with van der Waals surface area (Å²) in [4.78, 5) is 12.5. The van der Waals surface area contributed by atoms with Crippen LogP contribution in [-0.4, -0.2) is 33.0 Å². The molecule has 0 saturated heterocycles. The van der Waals surface area contributed by atoms with Crippen LogP contribution in [0.25, 0.3) is 0 Å². The van der Waals surface area contributed by atoms with Crippen LogP contribution in [0.1, 0.15) is 15.9 Å². The second-order valence-electron chi connectivity index (χ2n) is 5.60. The van der Waals surface area contributed by atoms with Crippen molar-refractivity contribution in [1.82, 2.24) is 0 Å². The largest absolute Gasteiger partial charge is 0.454 e. The van der Waals surface area contributed by atoms with Gasteiger partial charge in [0.2, 0.25) is 6.79 Å². The number of rotatable bonds is 7. The molecule has 0 radical (unpaired) electrons. The lowest BCUT2D eigenvalue weighted by Crippen LogP contribution is -2.14. The molecule has 1 amide bonds. The zero-order valence-electron chi connectivity index (χ0n) is 14.6. The number of carbonyl (C=O) groups excluding carboxylic acids is 1. The first kappa shape index (κ1) is 20.8. The van der Waals surface area contributed by atoms with E-state index in [1.54, 1.807) is 19.2 Å². The summed E-state index contributed by atoms with van der Waals surface area (Å²) in [5.41, 5.74) is 7.23. The predicted molar refractivity (Wildman–Crippen MR) is 100 cm³/mol. The quantitative estimate of drug-likeness (QED) is 0.550. The first-order chi connectivity index (χ1) is 12.6. The Balaban J connectivity index is 0.00000261. The van der Waals surface area contributed by atoms with Gasteiger partial charge in [-0.05, 0) is 18.2 Å². The molecule has 0 aromatic heterocycles. The number of anilines is 2. The number of methoxy groups -OCH3 is 1. The molecule has 3 rings (SSSR count). The van der Waals surface area contributed by atoms with Gasteiger partial charge in [-0.2, -0.15) is 0 Å². The molecule has 2 aromatic carbocycles. The van der Waals surface area contributed by atoms with Crippen LogP contribution < -0.4 is 20.5 Å². The fourth-order valence-electron chi connectivity index (χ4n) is 2.41. The molecule has 27 heavy (non-hydrogen) atoms. The van der Waals surface area contributed by atoms with Crippen LogP contribution in [0.5, 0.6) is 11.5 Å². The number of ether oxygens (including phenoxy) is 4. The second kappa shape index (κ2) is 9.40. The summed E-state index contributed by atoms with van der Waals surface area (Å²) in [6, 6.07) is 7.24. The van der Waals surface area contributed by atoms with E-state index in [0.29, 0.717) is 36.1 Å². The summed E-state index contributed by atoms with van der Waals surface area (Å²) in [7, 11) is 1.55. The van der Waals surface area contributed by atoms with Gasteiger partial charge in [-0.15, -0.1) is 12.4 Å². The lowest BCUT2D eigenvalue weighted by atomic mass is 10.1. The van der Waals surface area contributed by atoms with Crippen molar-refractivity contribution in [3.8, 4) is 11.5 Å². The zero-order valence-corrected chi connectivity index (χ0v) is 15.4. The van der Waals surface area contributed by atoms with Crippen molar-refractivity contribution in [1.29, 1.82) is 0 Å². The van der Waals surface area contributed by atoms with Gasteiger partial charge >= 0.3 is 0 Å². The fraction of sp³-hybridized carbons (Fsp3) is 0.278. The number of amides is 1. The molecule has 7 nitrogen and oxygen atoms in total. The van der Waals surface area contributed by atoms with E-state index in [0.717, 1.165) is 0 Å². The molecule has 1 aliphatic rings. The molecule has 1 aliphatic heterocycles. The van der Waals surface area contributed by atoms with Crippen LogP contribution in [-0.2, 0) is 16.1 Å². The van der Waals surface area contributed by atoms with Crippen LogP contribution in [0.2, 0.25) is 0 Å². The Kier molecular flexibility index (Phi) is 7.23. The van der Waals surface area contributed by atoms with Crippen LogP contribution >= 0.6 is 12.4 Å². The highest BCUT2D eigenvalue weighted by atomic mass is 35.5. The van der Waals surface area contributed by atoms with Gasteiger partial charge < -0.3 is 30.0 Å². The molecule has 0 spiro atoms. The molecule has 146 valence electrons. The number of carbonyl (C=O) groups is 1. The van der Waals surface area contributed by atoms with E-state index in [4.69, 9.17) is 24.7 Å². The third-order valence-corrected chi connectivity index (χ3v) is 3.79. The van der Waals surface area contributed by atoms with Gasteiger partial charge in [0, 0.05) is 30.4 Å². The molecule has 0 atom stereocenters. The van der Waals surface area contributed by atoms with Crippen LogP contribution in [0, 0.1) is 5.82 Å². The molecule has 9 heteroatoms. The standard InChI is InChI=1S/C18H19FN2O5.ClH/c1-23-4-5-24-9-12-6-11(2-3-13(12)19)18(22)21-15-8-17-16(7-14(15)20)25-10-26-17;/h2-3,6-8H,4-5,9-10,20H2,1H3,(H,21,22);1H. The summed E-state index contributed by atoms with van der Waals surface area (Å²) in [5, 5.41) is 2.70. The number of nitrogen functional groups attached to an aromatic ring is 1. The Hall–Kier alpha value is -2.55. The monoisotopic (exact) mass is 398 g/mol. The minimum absolute atomic E-state index is 0. The molecule has 2 aromatic rings. The van der Waals surface area contributed by atoms with E-state index >= 15 is 0 Å². The fourth-order valence-corrected chi connectivity index (χ4v) is 2.41. The first-order valence-corrected chi connectivity index (χ1v) is 7.94. The number of benzene rings is 2. The summed E-state index contributed by atoms with van der Waals surface area (Å²) < 4.78 is 34.6. The van der Waals surface area contributed by atoms with Crippen molar-refractivity contribution >= 4 is 29.7 Å².